The van der Waals surface area contributed by atoms with E-state index in [1.54, 1.807) is 6.92 Å². The Morgan fingerprint density at radius 2 is 1.48 bits per heavy atom. The highest BCUT2D eigenvalue weighted by molar-refractivity contribution is 5.81. The van der Waals surface area contributed by atoms with Crippen LogP contribution in [0.1, 0.15) is 22.4 Å². The molecule has 1 N–H and O–H groups in total. The molecule has 0 aliphatic heterocycles. The van der Waals surface area contributed by atoms with Gasteiger partial charge in [-0.1, -0.05) is 42.0 Å². The largest absolute Gasteiger partial charge is 0.416 e. The smallest absolute Gasteiger partial charge is 0.339 e. The van der Waals surface area contributed by atoms with Gasteiger partial charge in [-0.3, -0.25) is 4.79 Å². The first kappa shape index (κ1) is 19.0. The second-order valence-electron chi connectivity index (χ2n) is 7.09. The maximum atomic E-state index is 12.9. The normalized spacial score (nSPS) is 11.9. The van der Waals surface area contributed by atoms with Crippen LogP contribution in [0.2, 0.25) is 0 Å². The zero-order valence-corrected chi connectivity index (χ0v) is 16.1. The van der Waals surface area contributed by atoms with Crippen molar-refractivity contribution in [1.29, 1.82) is 0 Å². The molecule has 0 unspecified atom stereocenters. The van der Waals surface area contributed by atoms with Gasteiger partial charge in [-0.2, -0.15) is 22.8 Å². The zero-order chi connectivity index (χ0) is 20.9. The number of benzene rings is 2. The van der Waals surface area contributed by atoms with Gasteiger partial charge in [-0.05, 0) is 44.0 Å². The van der Waals surface area contributed by atoms with Crippen LogP contribution in [-0.2, 0) is 6.18 Å². The molecule has 0 aliphatic rings. The van der Waals surface area contributed by atoms with Crippen molar-refractivity contribution >= 4 is 5.65 Å². The van der Waals surface area contributed by atoms with Crippen molar-refractivity contribution in [2.24, 2.45) is 0 Å². The number of rotatable bonds is 2. The van der Waals surface area contributed by atoms with Crippen LogP contribution >= 0.6 is 0 Å². The number of H-pyrrole nitrogens is 1. The average Bonchev–Trinajstić information content (AvgIpc) is 3.01. The molecule has 0 bridgehead atoms. The maximum absolute atomic E-state index is 12.9. The van der Waals surface area contributed by atoms with E-state index in [1.807, 2.05) is 38.1 Å². The number of halogens is 3. The summed E-state index contributed by atoms with van der Waals surface area (Å²) < 4.78 is 39.9. The van der Waals surface area contributed by atoms with Crippen LogP contribution in [0, 0.1) is 20.8 Å². The third-order valence-electron chi connectivity index (χ3n) is 5.03. The molecule has 0 aliphatic carbocycles. The summed E-state index contributed by atoms with van der Waals surface area (Å²) in [7, 11) is 0. The topological polar surface area (TPSA) is 50.2 Å². The molecule has 29 heavy (non-hydrogen) atoms. The SMILES string of the molecule is Cc1ccc(-c2c(C)nn3c(=O)c(C)c(-c4ccc(C(F)(F)F)cc4)[nH]c23)cc1. The lowest BCUT2D eigenvalue weighted by molar-refractivity contribution is -0.137. The molecule has 2 aromatic carbocycles. The van der Waals surface area contributed by atoms with Gasteiger partial charge < -0.3 is 4.98 Å². The van der Waals surface area contributed by atoms with Crippen molar-refractivity contribution < 1.29 is 13.2 Å². The standard InChI is InChI=1S/C22H18F3N3O/c1-12-4-6-15(7-5-12)18-14(3)27-28-20(18)26-19(13(2)21(28)29)16-8-10-17(11-9-16)22(23,24)25/h4-11,26H,1-3H3. The third kappa shape index (κ3) is 3.22. The number of aromatic nitrogens is 3. The van der Waals surface area contributed by atoms with Crippen molar-refractivity contribution in [3.8, 4) is 22.4 Å². The molecule has 0 amide bonds. The Labute approximate surface area is 164 Å². The molecular weight excluding hydrogens is 379 g/mol. The maximum Gasteiger partial charge on any atom is 0.416 e. The molecule has 7 heteroatoms. The Bertz CT molecular complexity index is 1260. The van der Waals surface area contributed by atoms with Crippen molar-refractivity contribution in [2.45, 2.75) is 26.9 Å². The molecule has 2 heterocycles. The molecule has 0 fully saturated rings. The summed E-state index contributed by atoms with van der Waals surface area (Å²) in [5.41, 5.74) is 4.32. The van der Waals surface area contributed by atoms with Gasteiger partial charge in [0.1, 0.15) is 5.65 Å². The fourth-order valence-corrected chi connectivity index (χ4v) is 3.45. The van der Waals surface area contributed by atoms with E-state index in [4.69, 9.17) is 0 Å². The highest BCUT2D eigenvalue weighted by atomic mass is 19.4. The Balaban J connectivity index is 1.94. The van der Waals surface area contributed by atoms with E-state index in [2.05, 4.69) is 10.1 Å². The summed E-state index contributed by atoms with van der Waals surface area (Å²) in [4.78, 5) is 16.1. The molecule has 0 radical (unpaired) electrons. The van der Waals surface area contributed by atoms with E-state index >= 15 is 0 Å². The van der Waals surface area contributed by atoms with E-state index in [9.17, 15) is 18.0 Å². The van der Waals surface area contributed by atoms with Gasteiger partial charge in [0, 0.05) is 11.1 Å². The van der Waals surface area contributed by atoms with E-state index in [0.717, 1.165) is 28.8 Å². The van der Waals surface area contributed by atoms with Crippen LogP contribution in [0.3, 0.4) is 0 Å². The number of aromatic amines is 1. The molecule has 0 atom stereocenters. The van der Waals surface area contributed by atoms with Crippen LogP contribution < -0.4 is 5.56 Å². The summed E-state index contributed by atoms with van der Waals surface area (Å²) in [5, 5.41) is 4.38. The first-order chi connectivity index (χ1) is 13.7. The van der Waals surface area contributed by atoms with Crippen LogP contribution in [0.25, 0.3) is 28.0 Å². The minimum Gasteiger partial charge on any atom is -0.339 e. The highest BCUT2D eigenvalue weighted by Gasteiger charge is 2.30. The van der Waals surface area contributed by atoms with Crippen LogP contribution in [-0.4, -0.2) is 14.6 Å². The predicted octanol–water partition coefficient (Wildman–Crippen LogP) is 5.30. The minimum atomic E-state index is -4.41. The van der Waals surface area contributed by atoms with Gasteiger partial charge >= 0.3 is 6.18 Å². The molecule has 148 valence electrons. The number of hydrogen-bond acceptors (Lipinski definition) is 2. The van der Waals surface area contributed by atoms with Crippen molar-refractivity contribution in [3.05, 3.63) is 81.3 Å². The summed E-state index contributed by atoms with van der Waals surface area (Å²) >= 11 is 0. The Kier molecular flexibility index (Phi) is 4.33. The molecule has 2 aromatic heterocycles. The predicted molar refractivity (Wildman–Crippen MR) is 106 cm³/mol. The molecule has 0 saturated carbocycles. The summed E-state index contributed by atoms with van der Waals surface area (Å²) in [6.45, 7) is 5.44. The molecule has 0 saturated heterocycles. The number of nitrogens with one attached hydrogen (secondary N) is 1. The quantitative estimate of drug-likeness (QED) is 0.499. The first-order valence-corrected chi connectivity index (χ1v) is 9.03. The molecule has 4 aromatic rings. The molecule has 0 spiro atoms. The fourth-order valence-electron chi connectivity index (χ4n) is 3.45. The van der Waals surface area contributed by atoms with Crippen LogP contribution in [0.15, 0.2) is 53.3 Å². The van der Waals surface area contributed by atoms with E-state index in [0.29, 0.717) is 28.2 Å². The number of alkyl halides is 3. The number of nitrogens with zero attached hydrogens (tertiary/aromatic N) is 2. The molecular formula is C22H18F3N3O. The monoisotopic (exact) mass is 397 g/mol. The van der Waals surface area contributed by atoms with Crippen molar-refractivity contribution in [2.75, 3.05) is 0 Å². The van der Waals surface area contributed by atoms with Gasteiger partial charge in [-0.25, -0.2) is 0 Å². The van der Waals surface area contributed by atoms with Gasteiger partial charge in [-0.15, -0.1) is 0 Å². The van der Waals surface area contributed by atoms with Crippen LogP contribution in [0.4, 0.5) is 13.2 Å². The summed E-state index contributed by atoms with van der Waals surface area (Å²) in [6, 6.07) is 12.6. The Hall–Kier alpha value is -3.35. The lowest BCUT2D eigenvalue weighted by Crippen LogP contribution is -2.19. The minimum absolute atomic E-state index is 0.310. The lowest BCUT2D eigenvalue weighted by Gasteiger charge is -2.11. The van der Waals surface area contributed by atoms with E-state index in [1.165, 1.54) is 16.6 Å². The molecule has 4 rings (SSSR count). The van der Waals surface area contributed by atoms with E-state index in [-0.39, 0.29) is 5.56 Å². The first-order valence-electron chi connectivity index (χ1n) is 9.03. The highest BCUT2D eigenvalue weighted by Crippen LogP contribution is 2.32. The van der Waals surface area contributed by atoms with Crippen molar-refractivity contribution in [3.63, 3.8) is 0 Å². The van der Waals surface area contributed by atoms with Gasteiger partial charge in [0.05, 0.1) is 17.0 Å². The number of fused-ring (bicyclic) bond motifs is 1. The summed E-state index contributed by atoms with van der Waals surface area (Å²) in [6.07, 6.45) is -4.41. The fraction of sp³-hybridized carbons (Fsp3) is 0.182. The second-order valence-corrected chi connectivity index (χ2v) is 7.09. The lowest BCUT2D eigenvalue weighted by atomic mass is 10.0. The van der Waals surface area contributed by atoms with Crippen molar-refractivity contribution in [1.82, 2.24) is 14.6 Å². The van der Waals surface area contributed by atoms with Gasteiger partial charge in [0.15, 0.2) is 0 Å². The van der Waals surface area contributed by atoms with Crippen LogP contribution in [0.5, 0.6) is 0 Å². The number of aryl methyl sites for hydroxylation is 2. The second kappa shape index (κ2) is 6.62. The van der Waals surface area contributed by atoms with E-state index < -0.39 is 11.7 Å². The third-order valence-corrected chi connectivity index (χ3v) is 5.03. The van der Waals surface area contributed by atoms with Gasteiger partial charge in [0.2, 0.25) is 0 Å². The Morgan fingerprint density at radius 1 is 0.897 bits per heavy atom. The summed E-state index contributed by atoms with van der Waals surface area (Å²) in [5.74, 6) is 0. The number of hydrogen-bond donors (Lipinski definition) is 1. The molecule has 4 nitrogen and oxygen atoms in total. The van der Waals surface area contributed by atoms with Gasteiger partial charge in [0.25, 0.3) is 5.56 Å². The zero-order valence-electron chi connectivity index (χ0n) is 16.1. The average molecular weight is 397 g/mol. The Morgan fingerprint density at radius 3 is 2.07 bits per heavy atom.